The van der Waals surface area contributed by atoms with Gasteiger partial charge in [0.15, 0.2) is 0 Å². The number of rotatable bonds is 12. The molecule has 37 heavy (non-hydrogen) atoms. The van der Waals surface area contributed by atoms with Gasteiger partial charge in [0.05, 0.1) is 23.0 Å². The maximum absolute atomic E-state index is 13.4. The molecule has 0 amide bonds. The lowest BCUT2D eigenvalue weighted by Gasteiger charge is -2.14. The molecule has 0 saturated carbocycles. The molecule has 2 aromatic carbocycles. The minimum absolute atomic E-state index is 0.288. The fraction of sp³-hybridized carbons (Fsp3) is 0.519. The number of benzene rings is 2. The van der Waals surface area contributed by atoms with E-state index in [1.54, 1.807) is 27.7 Å². The summed E-state index contributed by atoms with van der Waals surface area (Å²) < 4.78 is 64.0. The maximum Gasteiger partial charge on any atom is 0.504 e. The van der Waals surface area contributed by atoms with Crippen LogP contribution in [0.3, 0.4) is 0 Å². The van der Waals surface area contributed by atoms with Crippen LogP contribution in [0.2, 0.25) is 0 Å². The Morgan fingerprint density at radius 3 is 1.27 bits per heavy atom. The lowest BCUT2D eigenvalue weighted by atomic mass is 10.1. The Morgan fingerprint density at radius 2 is 1.00 bits per heavy atom. The van der Waals surface area contributed by atoms with Gasteiger partial charge in [-0.05, 0) is 87.1 Å². The zero-order valence-electron chi connectivity index (χ0n) is 22.6. The molecule has 0 aliphatic rings. The lowest BCUT2D eigenvalue weighted by molar-refractivity contribution is 0.00380. The van der Waals surface area contributed by atoms with Gasteiger partial charge in [-0.25, -0.2) is 16.8 Å². The van der Waals surface area contributed by atoms with Crippen molar-refractivity contribution in [1.29, 1.82) is 0 Å². The molecule has 0 aliphatic heterocycles. The van der Waals surface area contributed by atoms with E-state index in [0.29, 0.717) is 47.0 Å². The molecule has 204 valence electrons. The molecule has 2 aromatic rings. The molecule has 0 saturated heterocycles. The summed E-state index contributed by atoms with van der Waals surface area (Å²) in [5.41, 5.74) is 11.8. The third-order valence-electron chi connectivity index (χ3n) is 6.02. The number of ether oxygens (including phenoxy) is 2. The second kappa shape index (κ2) is 13.2. The number of sulfone groups is 2. The Hall–Kier alpha value is -2.68. The standard InChI is InChI=1S/C27H38N2O6S2/c1-7-9-11-13-34-25-19(3)15-23(16-20(25)4)36(30,31)27(29-28)37(32,33)24-17-21(5)26(22(6)18-24)35-14-12-10-8-2/h15-18H,7-14H2,1-6H3. The summed E-state index contributed by atoms with van der Waals surface area (Å²) in [6, 6.07) is 5.34. The van der Waals surface area contributed by atoms with E-state index in [-0.39, 0.29) is 9.79 Å². The maximum atomic E-state index is 13.4. The monoisotopic (exact) mass is 550 g/mol. The molecule has 0 N–H and O–H groups in total. The van der Waals surface area contributed by atoms with Gasteiger partial charge in [-0.3, -0.25) is 0 Å². The first-order chi connectivity index (χ1) is 17.4. The predicted molar refractivity (Wildman–Crippen MR) is 145 cm³/mol. The lowest BCUT2D eigenvalue weighted by Crippen LogP contribution is -2.26. The third kappa shape index (κ3) is 7.21. The summed E-state index contributed by atoms with van der Waals surface area (Å²) >= 11 is 0. The van der Waals surface area contributed by atoms with Gasteiger partial charge < -0.3 is 15.0 Å². The Kier molecular flexibility index (Phi) is 10.9. The van der Waals surface area contributed by atoms with Gasteiger partial charge >= 0.3 is 4.38 Å². The van der Waals surface area contributed by atoms with Gasteiger partial charge in [-0.15, -0.1) is 4.79 Å². The van der Waals surface area contributed by atoms with Gasteiger partial charge in [0.25, 0.3) is 19.7 Å². The van der Waals surface area contributed by atoms with E-state index in [1.165, 1.54) is 24.3 Å². The second-order valence-electron chi connectivity index (χ2n) is 9.26. The van der Waals surface area contributed by atoms with Crippen LogP contribution < -0.4 is 9.47 Å². The number of unbranched alkanes of at least 4 members (excludes halogenated alkanes) is 4. The molecule has 0 radical (unpaired) electrons. The smallest absolute Gasteiger partial charge is 0.493 e. The Morgan fingerprint density at radius 1 is 0.676 bits per heavy atom. The van der Waals surface area contributed by atoms with Crippen LogP contribution in [0.1, 0.15) is 74.6 Å². The number of hydrogen-bond donors (Lipinski definition) is 0. The highest BCUT2D eigenvalue weighted by Gasteiger charge is 2.44. The first-order valence-corrected chi connectivity index (χ1v) is 15.6. The number of nitrogens with zero attached hydrogens (tertiary/aromatic N) is 2. The van der Waals surface area contributed by atoms with E-state index in [9.17, 15) is 22.4 Å². The first kappa shape index (κ1) is 30.5. The van der Waals surface area contributed by atoms with Crippen molar-refractivity contribution in [1.82, 2.24) is 0 Å². The average molecular weight is 551 g/mol. The van der Waals surface area contributed by atoms with E-state index in [0.717, 1.165) is 38.5 Å². The van der Waals surface area contributed by atoms with Crippen LogP contribution in [0.5, 0.6) is 11.5 Å². The summed E-state index contributed by atoms with van der Waals surface area (Å²) in [4.78, 5) is 2.19. The summed E-state index contributed by atoms with van der Waals surface area (Å²) in [5.74, 6) is 1.11. The SMILES string of the molecule is CCCCCOc1c(C)cc(S(=O)(=O)C(=[N+]=[N-])S(=O)(=O)c2cc(C)c(OCCCCC)c(C)c2)cc1C. The molecular formula is C27H38N2O6S2. The van der Waals surface area contributed by atoms with Gasteiger partial charge in [0.1, 0.15) is 11.5 Å². The van der Waals surface area contributed by atoms with Crippen molar-refractivity contribution in [2.75, 3.05) is 13.2 Å². The Bertz CT molecular complexity index is 1230. The van der Waals surface area contributed by atoms with Crippen LogP contribution in [0.25, 0.3) is 5.53 Å². The normalized spacial score (nSPS) is 11.7. The van der Waals surface area contributed by atoms with Gasteiger partial charge in [0, 0.05) is 0 Å². The van der Waals surface area contributed by atoms with Crippen molar-refractivity contribution in [3.8, 4) is 11.5 Å². The van der Waals surface area contributed by atoms with Gasteiger partial charge in [-0.2, -0.15) is 0 Å². The van der Waals surface area contributed by atoms with Crippen LogP contribution in [-0.4, -0.2) is 39.2 Å². The van der Waals surface area contributed by atoms with Crippen LogP contribution in [-0.2, 0) is 19.7 Å². The fourth-order valence-electron chi connectivity index (χ4n) is 4.09. The van der Waals surface area contributed by atoms with Gasteiger partial charge in [-0.1, -0.05) is 39.5 Å². The molecule has 10 heteroatoms. The Labute approximate surface area is 221 Å². The van der Waals surface area contributed by atoms with E-state index in [2.05, 4.69) is 18.6 Å². The molecule has 0 spiro atoms. The zero-order valence-corrected chi connectivity index (χ0v) is 24.3. The molecule has 0 unspecified atom stereocenters. The molecule has 0 aromatic heterocycles. The van der Waals surface area contributed by atoms with Crippen molar-refractivity contribution in [3.05, 3.63) is 52.1 Å². The minimum Gasteiger partial charge on any atom is -0.493 e. The molecule has 0 bridgehead atoms. The van der Waals surface area contributed by atoms with Crippen LogP contribution in [0.4, 0.5) is 0 Å². The molecule has 0 heterocycles. The summed E-state index contributed by atoms with van der Waals surface area (Å²) in [5, 5.41) is 0. The van der Waals surface area contributed by atoms with Gasteiger partial charge in [0.2, 0.25) is 0 Å². The second-order valence-corrected chi connectivity index (χ2v) is 13.2. The molecule has 2 rings (SSSR count). The first-order valence-electron chi connectivity index (χ1n) is 12.6. The van der Waals surface area contributed by atoms with E-state index in [1.807, 2.05) is 0 Å². The van der Waals surface area contributed by atoms with Crippen LogP contribution in [0.15, 0.2) is 34.1 Å². The van der Waals surface area contributed by atoms with Crippen molar-refractivity contribution in [2.24, 2.45) is 0 Å². The highest BCUT2D eigenvalue weighted by molar-refractivity contribution is 8.31. The fourth-order valence-corrected chi connectivity index (χ4v) is 7.77. The van der Waals surface area contributed by atoms with Crippen LogP contribution >= 0.6 is 0 Å². The average Bonchev–Trinajstić information content (AvgIpc) is 2.82. The number of hydrogen-bond acceptors (Lipinski definition) is 6. The number of aryl methyl sites for hydroxylation is 4. The Balaban J connectivity index is 2.43. The molecule has 0 fully saturated rings. The van der Waals surface area contributed by atoms with Crippen molar-refractivity contribution < 1.29 is 31.1 Å². The highest BCUT2D eigenvalue weighted by Crippen LogP contribution is 2.32. The van der Waals surface area contributed by atoms with Crippen molar-refractivity contribution in [3.63, 3.8) is 0 Å². The zero-order chi connectivity index (χ0) is 27.8. The molecular weight excluding hydrogens is 512 g/mol. The van der Waals surface area contributed by atoms with Crippen LogP contribution in [0, 0.1) is 27.7 Å². The van der Waals surface area contributed by atoms with Crippen molar-refractivity contribution >= 4 is 24.1 Å². The van der Waals surface area contributed by atoms with E-state index >= 15 is 0 Å². The predicted octanol–water partition coefficient (Wildman–Crippen LogP) is 5.89. The van der Waals surface area contributed by atoms with E-state index in [4.69, 9.17) is 9.47 Å². The summed E-state index contributed by atoms with van der Waals surface area (Å²) in [6.45, 7) is 11.9. The molecule has 0 aliphatic carbocycles. The highest BCUT2D eigenvalue weighted by atomic mass is 32.3. The summed E-state index contributed by atoms with van der Waals surface area (Å²) in [7, 11) is -9.36. The quantitative estimate of drug-likeness (QED) is 0.107. The minimum atomic E-state index is -4.68. The molecule has 0 atom stereocenters. The molecule has 8 nitrogen and oxygen atoms in total. The third-order valence-corrected chi connectivity index (χ3v) is 10.1. The summed E-state index contributed by atoms with van der Waals surface area (Å²) in [6.07, 6.45) is 5.87. The topological polar surface area (TPSA) is 123 Å². The van der Waals surface area contributed by atoms with E-state index < -0.39 is 24.1 Å². The largest absolute Gasteiger partial charge is 0.504 e. The van der Waals surface area contributed by atoms with Crippen molar-refractivity contribution in [2.45, 2.75) is 89.9 Å².